The highest BCUT2D eigenvalue weighted by Gasteiger charge is 2.33. The number of sulfone groups is 1. The minimum absolute atomic E-state index is 0.0503. The summed E-state index contributed by atoms with van der Waals surface area (Å²) in [4.78, 5) is 17.6. The third kappa shape index (κ3) is 6.56. The molecule has 48 heavy (non-hydrogen) atoms. The minimum atomic E-state index is -4.40. The molecule has 0 amide bonds. The Morgan fingerprint density at radius 1 is 0.875 bits per heavy atom. The lowest BCUT2D eigenvalue weighted by atomic mass is 9.83. The molecule has 3 aliphatic heterocycles. The van der Waals surface area contributed by atoms with Crippen LogP contribution in [0.3, 0.4) is 0 Å². The lowest BCUT2D eigenvalue weighted by Gasteiger charge is -2.34. The van der Waals surface area contributed by atoms with Gasteiger partial charge in [0.05, 0.1) is 27.8 Å². The fourth-order valence-corrected chi connectivity index (χ4v) is 8.19. The highest BCUT2D eigenvalue weighted by Crippen LogP contribution is 2.45. The predicted octanol–water partition coefficient (Wildman–Crippen LogP) is 5.18. The Bertz CT molecular complexity index is 2350. The summed E-state index contributed by atoms with van der Waals surface area (Å²) < 4.78 is 65.8. The Morgan fingerprint density at radius 3 is 2.19 bits per heavy atom. The van der Waals surface area contributed by atoms with Crippen molar-refractivity contribution in [2.24, 2.45) is 4.99 Å². The summed E-state index contributed by atoms with van der Waals surface area (Å²) in [7, 11) is -7.84. The molecule has 0 atom stereocenters. The van der Waals surface area contributed by atoms with Gasteiger partial charge in [-0.05, 0) is 80.2 Å². The standard InChI is InChI=1S/C36H38N2O8S2/c1-19(2)20-8-9-23(34(39)40)26(10-20)33-27-11-24-21(17-47(7,41)42)15-35(3,4)37-29(24)13-31(27)46-32-14-30-25(12-28(32)33)22(18-48(43,44)45)16-36(5,6)38-30/h8-16,19,38H,17-18H2,1-7H3,(H,39,40)(H,43,44,45). The first-order chi connectivity index (χ1) is 22.1. The number of carboxylic acid groups (broad SMARTS) is 1. The largest absolute Gasteiger partial charge is 0.478 e. The number of hydrogen-bond donors (Lipinski definition) is 3. The zero-order valence-electron chi connectivity index (χ0n) is 27.8. The number of anilines is 1. The van der Waals surface area contributed by atoms with E-state index in [0.717, 1.165) is 5.56 Å². The molecule has 0 radical (unpaired) electrons. The van der Waals surface area contributed by atoms with E-state index in [1.54, 1.807) is 36.4 Å². The second-order valence-corrected chi connectivity index (χ2v) is 17.8. The molecule has 3 aliphatic rings. The van der Waals surface area contributed by atoms with Gasteiger partial charge in [0.15, 0.2) is 9.84 Å². The number of rotatable bonds is 7. The van der Waals surface area contributed by atoms with Crippen LogP contribution in [-0.4, -0.2) is 61.3 Å². The van der Waals surface area contributed by atoms with Gasteiger partial charge in [-0.2, -0.15) is 8.42 Å². The molecule has 0 saturated carbocycles. The first kappa shape index (κ1) is 33.6. The number of ether oxygens (including phenoxy) is 1. The Morgan fingerprint density at radius 2 is 1.56 bits per heavy atom. The van der Waals surface area contributed by atoms with Crippen molar-refractivity contribution in [1.82, 2.24) is 0 Å². The number of aromatic carboxylic acids is 1. The predicted molar refractivity (Wildman–Crippen MR) is 187 cm³/mol. The van der Waals surface area contributed by atoms with E-state index in [4.69, 9.17) is 9.73 Å². The summed E-state index contributed by atoms with van der Waals surface area (Å²) in [6, 6.07) is 12.3. The molecule has 0 aliphatic carbocycles. The molecular weight excluding hydrogens is 653 g/mol. The van der Waals surface area contributed by atoms with Gasteiger partial charge >= 0.3 is 5.97 Å². The summed E-state index contributed by atoms with van der Waals surface area (Å²) in [5, 5.41) is 14.9. The Labute approximate surface area is 280 Å². The van der Waals surface area contributed by atoms with Crippen LogP contribution in [0, 0.1) is 0 Å². The molecule has 6 rings (SSSR count). The topological polar surface area (TPSA) is 159 Å². The van der Waals surface area contributed by atoms with E-state index in [2.05, 4.69) is 5.32 Å². The molecule has 12 heteroatoms. The second kappa shape index (κ2) is 11.1. The summed E-state index contributed by atoms with van der Waals surface area (Å²) in [6.07, 6.45) is 4.75. The van der Waals surface area contributed by atoms with Gasteiger partial charge in [0, 0.05) is 51.6 Å². The van der Waals surface area contributed by atoms with Crippen molar-refractivity contribution in [2.75, 3.05) is 23.1 Å². The number of carboxylic acids is 1. The third-order valence-electron chi connectivity index (χ3n) is 8.56. The zero-order valence-corrected chi connectivity index (χ0v) is 29.4. The fourth-order valence-electron chi connectivity index (χ4n) is 6.76. The van der Waals surface area contributed by atoms with Gasteiger partial charge < -0.3 is 15.2 Å². The SMILES string of the molecule is CC(C)c1ccc(C(=O)O)c(C2=c3cc4c(cc3Oc3cc5c(cc32)C(CS(=O)(=O)O)=CC(C)(C)N5)=NC(C)(C)C=C4CS(C)(=O)=O)c1. The number of nitrogens with one attached hydrogen (secondary N) is 1. The molecule has 0 spiro atoms. The monoisotopic (exact) mass is 690 g/mol. The molecule has 3 heterocycles. The van der Waals surface area contributed by atoms with E-state index in [1.807, 2.05) is 59.8 Å². The average molecular weight is 691 g/mol. The quantitative estimate of drug-likeness (QED) is 0.222. The lowest BCUT2D eigenvalue weighted by Crippen LogP contribution is -2.33. The molecule has 10 nitrogen and oxygen atoms in total. The normalized spacial score (nSPS) is 17.4. The van der Waals surface area contributed by atoms with Crippen molar-refractivity contribution in [1.29, 1.82) is 0 Å². The van der Waals surface area contributed by atoms with Gasteiger partial charge in [-0.25, -0.2) is 13.2 Å². The molecule has 3 aromatic carbocycles. The molecule has 0 bridgehead atoms. The minimum Gasteiger partial charge on any atom is -0.478 e. The van der Waals surface area contributed by atoms with Crippen molar-refractivity contribution in [3.63, 3.8) is 0 Å². The third-order valence-corrected chi connectivity index (χ3v) is 10.1. The summed E-state index contributed by atoms with van der Waals surface area (Å²) in [5.74, 6) is -1.09. The van der Waals surface area contributed by atoms with Gasteiger partial charge in [0.2, 0.25) is 0 Å². The van der Waals surface area contributed by atoms with Crippen molar-refractivity contribution >= 4 is 48.3 Å². The van der Waals surface area contributed by atoms with Crippen LogP contribution in [0.25, 0.3) is 16.7 Å². The van der Waals surface area contributed by atoms with Gasteiger partial charge in [-0.3, -0.25) is 9.55 Å². The van der Waals surface area contributed by atoms with Crippen LogP contribution in [0.2, 0.25) is 0 Å². The molecule has 3 N–H and O–H groups in total. The zero-order chi connectivity index (χ0) is 35.1. The van der Waals surface area contributed by atoms with Crippen molar-refractivity contribution < 1.29 is 36.0 Å². The highest BCUT2D eigenvalue weighted by molar-refractivity contribution is 7.91. The first-order valence-corrected chi connectivity index (χ1v) is 19.1. The second-order valence-electron chi connectivity index (χ2n) is 14.2. The van der Waals surface area contributed by atoms with Crippen molar-refractivity contribution in [3.05, 3.63) is 98.6 Å². The molecule has 252 valence electrons. The maximum atomic E-state index is 12.7. The van der Waals surface area contributed by atoms with Gasteiger partial charge in [-0.1, -0.05) is 32.1 Å². The van der Waals surface area contributed by atoms with E-state index in [1.165, 1.54) is 6.26 Å². The van der Waals surface area contributed by atoms with E-state index >= 15 is 0 Å². The van der Waals surface area contributed by atoms with Crippen LogP contribution in [0.1, 0.15) is 85.6 Å². The summed E-state index contributed by atoms with van der Waals surface area (Å²) >= 11 is 0. The van der Waals surface area contributed by atoms with Gasteiger partial charge in [0.1, 0.15) is 17.3 Å². The maximum absolute atomic E-state index is 12.7. The molecule has 3 aromatic rings. The Kier molecular flexibility index (Phi) is 7.81. The van der Waals surface area contributed by atoms with Crippen LogP contribution in [0.15, 0.2) is 59.6 Å². The number of nitrogens with zero attached hydrogens (tertiary/aromatic N) is 1. The molecule has 0 fully saturated rings. The van der Waals surface area contributed by atoms with Crippen LogP contribution in [-0.2, 0) is 20.0 Å². The van der Waals surface area contributed by atoms with Crippen LogP contribution >= 0.6 is 0 Å². The Balaban J connectivity index is 1.76. The lowest BCUT2D eigenvalue weighted by molar-refractivity contribution is 0.0696. The highest BCUT2D eigenvalue weighted by atomic mass is 32.2. The van der Waals surface area contributed by atoms with Gasteiger partial charge in [0.25, 0.3) is 10.1 Å². The smallest absolute Gasteiger partial charge is 0.336 e. The summed E-state index contributed by atoms with van der Waals surface area (Å²) in [6.45, 7) is 11.5. The molecule has 0 saturated heterocycles. The number of fused-ring (bicyclic) bond motifs is 4. The van der Waals surface area contributed by atoms with Crippen LogP contribution in [0.4, 0.5) is 5.69 Å². The fraction of sp³-hybridized carbons (Fsp3) is 0.333. The van der Waals surface area contributed by atoms with Crippen LogP contribution in [0.5, 0.6) is 11.5 Å². The summed E-state index contributed by atoms with van der Waals surface area (Å²) in [5.41, 5.74) is 3.70. The Hall–Kier alpha value is -4.26. The first-order valence-electron chi connectivity index (χ1n) is 15.5. The van der Waals surface area contributed by atoms with E-state index in [0.29, 0.717) is 66.7 Å². The number of hydrogen-bond acceptors (Lipinski definition) is 8. The van der Waals surface area contributed by atoms with E-state index in [-0.39, 0.29) is 17.2 Å². The molecule has 0 unspecified atom stereocenters. The number of benzene rings is 3. The van der Waals surface area contributed by atoms with Gasteiger partial charge in [-0.15, -0.1) is 0 Å². The van der Waals surface area contributed by atoms with Crippen molar-refractivity contribution in [2.45, 2.75) is 58.5 Å². The molecule has 0 aromatic heterocycles. The molecular formula is C36H38N2O8S2. The number of carbonyl (C=O) groups is 1. The van der Waals surface area contributed by atoms with E-state index in [9.17, 15) is 31.3 Å². The van der Waals surface area contributed by atoms with Crippen molar-refractivity contribution in [3.8, 4) is 11.5 Å². The average Bonchev–Trinajstić information content (AvgIpc) is 2.91. The van der Waals surface area contributed by atoms with Crippen LogP contribution < -0.4 is 20.6 Å². The van der Waals surface area contributed by atoms with E-state index < -0.39 is 42.8 Å². The maximum Gasteiger partial charge on any atom is 0.336 e.